The van der Waals surface area contributed by atoms with Crippen LogP contribution in [0.3, 0.4) is 0 Å². The molecule has 1 aromatic carbocycles. The molecule has 1 aliphatic rings. The molecule has 2 heterocycles. The summed E-state index contributed by atoms with van der Waals surface area (Å²) in [6.45, 7) is 5.08. The fourth-order valence-electron chi connectivity index (χ4n) is 2.72. The van der Waals surface area contributed by atoms with E-state index in [9.17, 15) is 4.79 Å². The van der Waals surface area contributed by atoms with E-state index in [-0.39, 0.29) is 5.91 Å². The molecule has 5 heteroatoms. The summed E-state index contributed by atoms with van der Waals surface area (Å²) >= 11 is 3.38. The quantitative estimate of drug-likeness (QED) is 0.826. The summed E-state index contributed by atoms with van der Waals surface area (Å²) in [6, 6.07) is 12.3. The molecule has 1 amide bonds. The number of aryl methyl sites for hydroxylation is 1. The number of rotatable bonds is 2. The number of nitrogens with zero attached hydrogens (tertiary/aromatic N) is 3. The Balaban J connectivity index is 1.67. The highest BCUT2D eigenvalue weighted by atomic mass is 79.9. The Hall–Kier alpha value is -1.88. The van der Waals surface area contributed by atoms with Crippen molar-refractivity contribution in [3.63, 3.8) is 0 Å². The van der Waals surface area contributed by atoms with Gasteiger partial charge in [0.1, 0.15) is 5.69 Å². The van der Waals surface area contributed by atoms with Crippen molar-refractivity contribution < 1.29 is 4.79 Å². The SMILES string of the molecule is Cc1cc(Br)cnc1C(=O)N1CCN(c2ccccc2)CC1. The van der Waals surface area contributed by atoms with Crippen molar-refractivity contribution in [2.75, 3.05) is 31.1 Å². The molecule has 1 saturated heterocycles. The molecule has 0 saturated carbocycles. The van der Waals surface area contributed by atoms with Crippen molar-refractivity contribution >= 4 is 27.5 Å². The fraction of sp³-hybridized carbons (Fsp3) is 0.294. The van der Waals surface area contributed by atoms with E-state index < -0.39 is 0 Å². The van der Waals surface area contributed by atoms with Crippen LogP contribution in [0.4, 0.5) is 5.69 Å². The van der Waals surface area contributed by atoms with Gasteiger partial charge in [-0.15, -0.1) is 0 Å². The van der Waals surface area contributed by atoms with Crippen molar-refractivity contribution in [2.24, 2.45) is 0 Å². The molecule has 2 aromatic rings. The van der Waals surface area contributed by atoms with Gasteiger partial charge in [0.2, 0.25) is 0 Å². The normalized spacial score (nSPS) is 15.0. The van der Waals surface area contributed by atoms with E-state index in [4.69, 9.17) is 0 Å². The number of anilines is 1. The third kappa shape index (κ3) is 3.14. The third-order valence-electron chi connectivity index (χ3n) is 3.94. The van der Waals surface area contributed by atoms with E-state index in [0.717, 1.165) is 36.2 Å². The first-order valence-electron chi connectivity index (χ1n) is 7.36. The highest BCUT2D eigenvalue weighted by molar-refractivity contribution is 9.10. The van der Waals surface area contributed by atoms with Crippen molar-refractivity contribution in [2.45, 2.75) is 6.92 Å². The third-order valence-corrected chi connectivity index (χ3v) is 4.37. The average Bonchev–Trinajstić information content (AvgIpc) is 2.55. The molecule has 0 N–H and O–H groups in total. The number of carbonyl (C=O) groups excluding carboxylic acids is 1. The van der Waals surface area contributed by atoms with E-state index in [1.807, 2.05) is 36.1 Å². The monoisotopic (exact) mass is 359 g/mol. The molecule has 0 spiro atoms. The van der Waals surface area contributed by atoms with Crippen LogP contribution >= 0.6 is 15.9 Å². The van der Waals surface area contributed by atoms with Crippen molar-refractivity contribution in [1.29, 1.82) is 0 Å². The Morgan fingerprint density at radius 3 is 2.45 bits per heavy atom. The van der Waals surface area contributed by atoms with Crippen LogP contribution in [0.2, 0.25) is 0 Å². The van der Waals surface area contributed by atoms with E-state index in [2.05, 4.69) is 37.9 Å². The fourth-order valence-corrected chi connectivity index (χ4v) is 3.17. The lowest BCUT2D eigenvalue weighted by atomic mass is 10.2. The van der Waals surface area contributed by atoms with Gasteiger partial charge in [-0.1, -0.05) is 18.2 Å². The van der Waals surface area contributed by atoms with Gasteiger partial charge in [0.05, 0.1) is 0 Å². The van der Waals surface area contributed by atoms with Gasteiger partial charge in [-0.05, 0) is 46.6 Å². The molecular formula is C17H18BrN3O. The van der Waals surface area contributed by atoms with Gasteiger partial charge in [0.15, 0.2) is 0 Å². The second-order valence-corrected chi connectivity index (χ2v) is 6.35. The lowest BCUT2D eigenvalue weighted by Crippen LogP contribution is -2.49. The molecule has 0 unspecified atom stereocenters. The molecule has 1 aromatic heterocycles. The Kier molecular flexibility index (Phi) is 4.43. The zero-order chi connectivity index (χ0) is 15.5. The number of aromatic nitrogens is 1. The van der Waals surface area contributed by atoms with Crippen LogP contribution in [-0.4, -0.2) is 42.0 Å². The van der Waals surface area contributed by atoms with Gasteiger partial charge in [-0.25, -0.2) is 4.98 Å². The lowest BCUT2D eigenvalue weighted by Gasteiger charge is -2.36. The number of para-hydroxylation sites is 1. The van der Waals surface area contributed by atoms with Gasteiger partial charge in [0, 0.05) is 42.5 Å². The summed E-state index contributed by atoms with van der Waals surface area (Å²) in [6.07, 6.45) is 1.68. The molecule has 0 atom stereocenters. The average molecular weight is 360 g/mol. The maximum absolute atomic E-state index is 12.6. The molecule has 0 bridgehead atoms. The smallest absolute Gasteiger partial charge is 0.272 e. The standard InChI is InChI=1S/C17H18BrN3O/c1-13-11-14(18)12-19-16(13)17(22)21-9-7-20(8-10-21)15-5-3-2-4-6-15/h2-6,11-12H,7-10H2,1H3. The minimum absolute atomic E-state index is 0.0257. The Bertz CT molecular complexity index is 667. The zero-order valence-corrected chi connectivity index (χ0v) is 14.1. The summed E-state index contributed by atoms with van der Waals surface area (Å²) in [5, 5.41) is 0. The highest BCUT2D eigenvalue weighted by Crippen LogP contribution is 2.18. The topological polar surface area (TPSA) is 36.4 Å². The minimum atomic E-state index is 0.0257. The number of hydrogen-bond acceptors (Lipinski definition) is 3. The molecule has 1 fully saturated rings. The molecule has 4 nitrogen and oxygen atoms in total. The van der Waals surface area contributed by atoms with E-state index >= 15 is 0 Å². The summed E-state index contributed by atoms with van der Waals surface area (Å²) < 4.78 is 0.899. The Morgan fingerprint density at radius 2 is 1.82 bits per heavy atom. The van der Waals surface area contributed by atoms with Gasteiger partial charge in [-0.3, -0.25) is 4.79 Å². The largest absolute Gasteiger partial charge is 0.368 e. The summed E-state index contributed by atoms with van der Waals surface area (Å²) in [4.78, 5) is 21.1. The maximum Gasteiger partial charge on any atom is 0.272 e. The molecule has 0 aliphatic carbocycles. The maximum atomic E-state index is 12.6. The predicted molar refractivity (Wildman–Crippen MR) is 91.2 cm³/mol. The number of piperazine rings is 1. The van der Waals surface area contributed by atoms with Crippen LogP contribution in [0.25, 0.3) is 0 Å². The zero-order valence-electron chi connectivity index (χ0n) is 12.5. The molecule has 22 heavy (non-hydrogen) atoms. The van der Waals surface area contributed by atoms with Gasteiger partial charge >= 0.3 is 0 Å². The second kappa shape index (κ2) is 6.48. The first kappa shape index (κ1) is 15.0. The molecule has 114 valence electrons. The number of amides is 1. The second-order valence-electron chi connectivity index (χ2n) is 5.43. The van der Waals surface area contributed by atoms with Crippen LogP contribution < -0.4 is 4.90 Å². The minimum Gasteiger partial charge on any atom is -0.368 e. The molecule has 0 radical (unpaired) electrons. The van der Waals surface area contributed by atoms with Crippen LogP contribution in [0.15, 0.2) is 47.1 Å². The number of pyridine rings is 1. The van der Waals surface area contributed by atoms with Crippen molar-refractivity contribution in [1.82, 2.24) is 9.88 Å². The van der Waals surface area contributed by atoms with Crippen LogP contribution in [-0.2, 0) is 0 Å². The number of benzene rings is 1. The van der Waals surface area contributed by atoms with E-state index in [0.29, 0.717) is 5.69 Å². The van der Waals surface area contributed by atoms with E-state index in [1.165, 1.54) is 5.69 Å². The van der Waals surface area contributed by atoms with Gasteiger partial charge < -0.3 is 9.80 Å². The van der Waals surface area contributed by atoms with Crippen LogP contribution in [0.1, 0.15) is 16.1 Å². The first-order chi connectivity index (χ1) is 10.6. The first-order valence-corrected chi connectivity index (χ1v) is 8.16. The van der Waals surface area contributed by atoms with E-state index in [1.54, 1.807) is 6.20 Å². The molecular weight excluding hydrogens is 342 g/mol. The summed E-state index contributed by atoms with van der Waals surface area (Å²) in [5.41, 5.74) is 2.67. The number of carbonyl (C=O) groups is 1. The lowest BCUT2D eigenvalue weighted by molar-refractivity contribution is 0.0740. The molecule has 1 aliphatic heterocycles. The summed E-state index contributed by atoms with van der Waals surface area (Å²) in [5.74, 6) is 0.0257. The van der Waals surface area contributed by atoms with Gasteiger partial charge in [0.25, 0.3) is 5.91 Å². The number of halogens is 1. The Labute approximate surface area is 138 Å². The Morgan fingerprint density at radius 1 is 1.14 bits per heavy atom. The van der Waals surface area contributed by atoms with Crippen molar-refractivity contribution in [3.8, 4) is 0 Å². The van der Waals surface area contributed by atoms with Crippen molar-refractivity contribution in [3.05, 3.63) is 58.3 Å². The number of hydrogen-bond donors (Lipinski definition) is 0. The van der Waals surface area contributed by atoms with Crippen LogP contribution in [0.5, 0.6) is 0 Å². The van der Waals surface area contributed by atoms with Gasteiger partial charge in [-0.2, -0.15) is 0 Å². The summed E-state index contributed by atoms with van der Waals surface area (Å²) in [7, 11) is 0. The molecule has 3 rings (SSSR count). The predicted octanol–water partition coefficient (Wildman–Crippen LogP) is 3.11. The highest BCUT2D eigenvalue weighted by Gasteiger charge is 2.24. The van der Waals surface area contributed by atoms with Crippen LogP contribution in [0, 0.1) is 6.92 Å².